The normalized spacial score (nSPS) is 10.4. The largest absolute Gasteiger partial charge is 0.493 e. The van der Waals surface area contributed by atoms with Gasteiger partial charge < -0.3 is 14.2 Å². The highest BCUT2D eigenvalue weighted by Crippen LogP contribution is 2.28. The van der Waals surface area contributed by atoms with E-state index in [2.05, 4.69) is 13.5 Å². The molecule has 0 radical (unpaired) electrons. The molecule has 0 heterocycles. The number of esters is 1. The van der Waals surface area contributed by atoms with Crippen molar-refractivity contribution >= 4 is 12.0 Å². The summed E-state index contributed by atoms with van der Waals surface area (Å²) in [4.78, 5) is 11.2. The van der Waals surface area contributed by atoms with E-state index in [1.165, 1.54) is 0 Å². The summed E-state index contributed by atoms with van der Waals surface area (Å²) >= 11 is 0. The molecule has 0 aliphatic carbocycles. The fourth-order valence-electron chi connectivity index (χ4n) is 1.55. The summed E-state index contributed by atoms with van der Waals surface area (Å²) in [6, 6.07) is 5.67. The van der Waals surface area contributed by atoms with Crippen LogP contribution in [0, 0.1) is 0 Å². The molecule has 1 aromatic rings. The Morgan fingerprint density at radius 2 is 2.10 bits per heavy atom. The van der Waals surface area contributed by atoms with Gasteiger partial charge in [0.2, 0.25) is 0 Å². The van der Waals surface area contributed by atoms with Gasteiger partial charge in [-0.05, 0) is 37.1 Å². The Morgan fingerprint density at radius 1 is 1.33 bits per heavy atom. The fraction of sp³-hybridized carbons (Fsp3) is 0.353. The number of carbonyl (C=O) groups is 1. The molecule has 1 rings (SSSR count). The van der Waals surface area contributed by atoms with Crippen molar-refractivity contribution < 1.29 is 19.0 Å². The Balaban J connectivity index is 2.63. The van der Waals surface area contributed by atoms with Gasteiger partial charge in [0.05, 0.1) is 13.7 Å². The fourth-order valence-corrected chi connectivity index (χ4v) is 1.55. The smallest absolute Gasteiger partial charge is 0.333 e. The third-order valence-electron chi connectivity index (χ3n) is 2.62. The minimum absolute atomic E-state index is 0.210. The average Bonchev–Trinajstić information content (AvgIpc) is 2.49. The molecule has 0 N–H and O–H groups in total. The minimum atomic E-state index is -0.388. The lowest BCUT2D eigenvalue weighted by molar-refractivity contribution is -0.137. The number of rotatable bonds is 8. The maximum atomic E-state index is 11.2. The molecule has 4 nitrogen and oxygen atoms in total. The molecule has 0 aliphatic rings. The maximum absolute atomic E-state index is 11.2. The lowest BCUT2D eigenvalue weighted by Gasteiger charge is -2.10. The standard InChI is InChI=1S/C17H22O4/c1-5-10-20-15-9-8-14(12-16(15)19-4)7-6-11-21-17(18)13(2)3/h6-9,12H,2,5,10-11H2,1,3-4H3/b7-6+. The first kappa shape index (κ1) is 16.8. The molecular formula is C17H22O4. The first-order valence-corrected chi connectivity index (χ1v) is 6.88. The molecule has 0 unspecified atom stereocenters. The van der Waals surface area contributed by atoms with Crippen LogP contribution in [-0.4, -0.2) is 26.3 Å². The zero-order valence-corrected chi connectivity index (χ0v) is 12.8. The van der Waals surface area contributed by atoms with Crippen molar-refractivity contribution in [2.45, 2.75) is 20.3 Å². The van der Waals surface area contributed by atoms with Crippen molar-refractivity contribution in [1.82, 2.24) is 0 Å². The Morgan fingerprint density at radius 3 is 2.71 bits per heavy atom. The van der Waals surface area contributed by atoms with Gasteiger partial charge in [0.15, 0.2) is 11.5 Å². The zero-order chi connectivity index (χ0) is 15.7. The highest BCUT2D eigenvalue weighted by molar-refractivity contribution is 5.87. The Kier molecular flexibility index (Phi) is 7.09. The molecule has 0 aliphatic heterocycles. The zero-order valence-electron chi connectivity index (χ0n) is 12.8. The van der Waals surface area contributed by atoms with Gasteiger partial charge in [-0.3, -0.25) is 0 Å². The van der Waals surface area contributed by atoms with E-state index in [1.807, 2.05) is 24.3 Å². The average molecular weight is 290 g/mol. The molecule has 0 spiro atoms. The lowest BCUT2D eigenvalue weighted by atomic mass is 10.2. The number of methoxy groups -OCH3 is 1. The lowest BCUT2D eigenvalue weighted by Crippen LogP contribution is -2.04. The van der Waals surface area contributed by atoms with E-state index in [-0.39, 0.29) is 12.6 Å². The van der Waals surface area contributed by atoms with Gasteiger partial charge in [-0.15, -0.1) is 0 Å². The van der Waals surface area contributed by atoms with Gasteiger partial charge in [-0.25, -0.2) is 4.79 Å². The SMILES string of the molecule is C=C(C)C(=O)OC/C=C/c1ccc(OCCC)c(OC)c1. The van der Waals surface area contributed by atoms with Crippen LogP contribution < -0.4 is 9.47 Å². The summed E-state index contributed by atoms with van der Waals surface area (Å²) in [5.74, 6) is 1.02. The summed E-state index contributed by atoms with van der Waals surface area (Å²) in [6.45, 7) is 8.05. The van der Waals surface area contributed by atoms with Crippen LogP contribution in [0.3, 0.4) is 0 Å². The number of carbonyl (C=O) groups excluding carboxylic acids is 1. The minimum Gasteiger partial charge on any atom is -0.493 e. The van der Waals surface area contributed by atoms with E-state index in [9.17, 15) is 4.79 Å². The third-order valence-corrected chi connectivity index (χ3v) is 2.62. The van der Waals surface area contributed by atoms with Crippen LogP contribution in [0.25, 0.3) is 6.08 Å². The second-order valence-corrected chi connectivity index (χ2v) is 4.54. The first-order chi connectivity index (χ1) is 10.1. The summed E-state index contributed by atoms with van der Waals surface area (Å²) < 4.78 is 15.9. The molecule has 0 aromatic heterocycles. The Labute approximate surface area is 126 Å². The van der Waals surface area contributed by atoms with Crippen molar-refractivity contribution in [1.29, 1.82) is 0 Å². The second-order valence-electron chi connectivity index (χ2n) is 4.54. The van der Waals surface area contributed by atoms with E-state index in [0.29, 0.717) is 17.9 Å². The van der Waals surface area contributed by atoms with Crippen molar-refractivity contribution in [3.63, 3.8) is 0 Å². The van der Waals surface area contributed by atoms with Crippen molar-refractivity contribution in [3.05, 3.63) is 42.0 Å². The number of hydrogen-bond donors (Lipinski definition) is 0. The molecule has 0 atom stereocenters. The van der Waals surface area contributed by atoms with Gasteiger partial charge >= 0.3 is 5.97 Å². The molecule has 0 fully saturated rings. The Hall–Kier alpha value is -2.23. The predicted molar refractivity (Wildman–Crippen MR) is 83.6 cm³/mol. The number of benzene rings is 1. The van der Waals surface area contributed by atoms with Gasteiger partial charge in [0.25, 0.3) is 0 Å². The summed E-state index contributed by atoms with van der Waals surface area (Å²) in [5, 5.41) is 0. The van der Waals surface area contributed by atoms with Crippen LogP contribution >= 0.6 is 0 Å². The molecule has 0 bridgehead atoms. The molecule has 1 aromatic carbocycles. The molecule has 0 saturated heterocycles. The van der Waals surface area contributed by atoms with Crippen LogP contribution in [0.5, 0.6) is 11.5 Å². The van der Waals surface area contributed by atoms with E-state index < -0.39 is 0 Å². The molecule has 0 amide bonds. The summed E-state index contributed by atoms with van der Waals surface area (Å²) in [7, 11) is 1.61. The second kappa shape index (κ2) is 8.84. The van der Waals surface area contributed by atoms with Crippen molar-refractivity contribution in [2.24, 2.45) is 0 Å². The molecule has 0 saturated carbocycles. The Bertz CT molecular complexity index is 518. The van der Waals surface area contributed by atoms with Gasteiger partial charge in [0.1, 0.15) is 6.61 Å². The van der Waals surface area contributed by atoms with Crippen LogP contribution in [-0.2, 0) is 9.53 Å². The van der Waals surface area contributed by atoms with Gasteiger partial charge in [-0.1, -0.05) is 25.6 Å². The van der Waals surface area contributed by atoms with Gasteiger partial charge in [0, 0.05) is 5.57 Å². The molecule has 114 valence electrons. The highest BCUT2D eigenvalue weighted by Gasteiger charge is 2.04. The van der Waals surface area contributed by atoms with E-state index >= 15 is 0 Å². The van der Waals surface area contributed by atoms with Crippen LogP contribution in [0.4, 0.5) is 0 Å². The number of hydrogen-bond acceptors (Lipinski definition) is 4. The highest BCUT2D eigenvalue weighted by atomic mass is 16.5. The topological polar surface area (TPSA) is 44.8 Å². The summed E-state index contributed by atoms with van der Waals surface area (Å²) in [6.07, 6.45) is 4.57. The first-order valence-electron chi connectivity index (χ1n) is 6.88. The van der Waals surface area contributed by atoms with E-state index in [1.54, 1.807) is 20.1 Å². The van der Waals surface area contributed by atoms with Crippen LogP contribution in [0.1, 0.15) is 25.8 Å². The molecule has 4 heteroatoms. The molecular weight excluding hydrogens is 268 g/mol. The van der Waals surface area contributed by atoms with Crippen LogP contribution in [0.2, 0.25) is 0 Å². The van der Waals surface area contributed by atoms with Crippen molar-refractivity contribution in [3.8, 4) is 11.5 Å². The van der Waals surface area contributed by atoms with Crippen molar-refractivity contribution in [2.75, 3.05) is 20.3 Å². The van der Waals surface area contributed by atoms with E-state index in [4.69, 9.17) is 14.2 Å². The van der Waals surface area contributed by atoms with Crippen LogP contribution in [0.15, 0.2) is 36.4 Å². The van der Waals surface area contributed by atoms with E-state index in [0.717, 1.165) is 17.7 Å². The maximum Gasteiger partial charge on any atom is 0.333 e. The monoisotopic (exact) mass is 290 g/mol. The quantitative estimate of drug-likeness (QED) is 0.542. The third kappa shape index (κ3) is 5.73. The molecule has 21 heavy (non-hydrogen) atoms. The van der Waals surface area contributed by atoms with Gasteiger partial charge in [-0.2, -0.15) is 0 Å². The number of ether oxygens (including phenoxy) is 3. The summed E-state index contributed by atoms with van der Waals surface area (Å²) in [5.41, 5.74) is 1.34. The predicted octanol–water partition coefficient (Wildman–Crippen LogP) is 3.62.